The summed E-state index contributed by atoms with van der Waals surface area (Å²) >= 11 is 0. The van der Waals surface area contributed by atoms with E-state index in [1.807, 2.05) is 6.92 Å². The summed E-state index contributed by atoms with van der Waals surface area (Å²) in [5.41, 5.74) is -1.89. The molecule has 19 heteroatoms. The van der Waals surface area contributed by atoms with Crippen LogP contribution in [0.5, 0.6) is 17.2 Å². The number of primary amides is 1. The number of nitrogens with zero attached hydrogens (tertiary/aromatic N) is 2. The molecule has 3 aromatic rings. The number of fused-ring (bicyclic) bond motifs is 5. The number of benzene rings is 2. The lowest BCUT2D eigenvalue weighted by atomic mass is 9.53. The summed E-state index contributed by atoms with van der Waals surface area (Å²) < 4.78 is 12.2. The van der Waals surface area contributed by atoms with Crippen molar-refractivity contribution in [3.05, 3.63) is 80.3 Å². The standard InChI is InChI=1S/C22H24N2O9.C13H11NO5.2H2O/c1-21(32)7-5-4-6-8(25)9(7)15(26)10-12(21)17(28)13-14(24(2)3)16(27)11(20(23)31)19(30)22(13,33)18(10)29;1-2-14-5-8(13(16)17)12(15)7-3-10-11(4-9(7)14)19-6-18-10;;/h4-6,12-14,17,25-26,28,30,32-33H,1-3H3,(H2,23,31);3-5H,2,6H2,1H3,(H,16,17);2*1H2/t12-,13-,14+,17+,21-,22+;;;/m1.../s1. The number of nitrogens with two attached hydrogens (primary N) is 1. The first-order valence-electron chi connectivity index (χ1n) is 15.9. The first kappa shape index (κ1) is 40.9. The monoisotopic (exact) mass is 757 g/mol. The van der Waals surface area contributed by atoms with Gasteiger partial charge in [-0.25, -0.2) is 4.79 Å². The highest BCUT2D eigenvalue weighted by Gasteiger charge is 2.70. The Hall–Kier alpha value is -5.83. The number of amides is 1. The second kappa shape index (κ2) is 13.9. The third kappa shape index (κ3) is 5.56. The smallest absolute Gasteiger partial charge is 0.341 e. The largest absolute Gasteiger partial charge is 0.508 e. The number of aromatic nitrogens is 1. The number of aliphatic hydroxyl groups excluding tert-OH is 3. The molecule has 6 atom stereocenters. The third-order valence-electron chi connectivity index (χ3n) is 10.2. The van der Waals surface area contributed by atoms with Crippen molar-refractivity contribution >= 4 is 40.1 Å². The van der Waals surface area contributed by atoms with Crippen LogP contribution >= 0.6 is 0 Å². The Morgan fingerprint density at radius 3 is 2.20 bits per heavy atom. The average molecular weight is 758 g/mol. The molecular formula is C35H39N3O16. The zero-order valence-electron chi connectivity index (χ0n) is 29.1. The van der Waals surface area contributed by atoms with E-state index in [-0.39, 0.29) is 34.4 Å². The van der Waals surface area contributed by atoms with Crippen LogP contribution in [0.4, 0.5) is 0 Å². The Morgan fingerprint density at radius 1 is 1.04 bits per heavy atom. The van der Waals surface area contributed by atoms with Crippen LogP contribution in [0, 0.1) is 11.8 Å². The second-order valence-corrected chi connectivity index (χ2v) is 13.2. The molecule has 7 rings (SSSR count). The Kier molecular flexibility index (Phi) is 10.5. The number of pyridine rings is 1. The van der Waals surface area contributed by atoms with Gasteiger partial charge >= 0.3 is 5.97 Å². The molecule has 13 N–H and O–H groups in total. The minimum absolute atomic E-state index is 0. The number of aliphatic hydroxyl groups is 5. The molecule has 0 unspecified atom stereocenters. The average Bonchev–Trinajstić information content (AvgIpc) is 3.53. The topological polar surface area (TPSA) is 343 Å². The maximum Gasteiger partial charge on any atom is 0.341 e. The van der Waals surface area contributed by atoms with E-state index < -0.39 is 92.5 Å². The number of aromatic carboxylic acids is 1. The van der Waals surface area contributed by atoms with E-state index in [1.54, 1.807) is 16.7 Å². The molecule has 0 spiro atoms. The summed E-state index contributed by atoms with van der Waals surface area (Å²) in [6, 6.07) is 5.74. The molecule has 0 bridgehead atoms. The van der Waals surface area contributed by atoms with Gasteiger partial charge in [-0.05, 0) is 45.6 Å². The number of phenolic OH excluding ortho intramolecular Hbond substituents is 1. The van der Waals surface area contributed by atoms with E-state index in [0.717, 1.165) is 0 Å². The molecule has 3 aliphatic carbocycles. The first-order valence-corrected chi connectivity index (χ1v) is 15.9. The number of carbonyl (C=O) groups is 4. The number of ketones is 2. The minimum Gasteiger partial charge on any atom is -0.508 e. The van der Waals surface area contributed by atoms with Crippen molar-refractivity contribution in [3.63, 3.8) is 0 Å². The summed E-state index contributed by atoms with van der Waals surface area (Å²) in [5, 5.41) is 75.7. The Balaban J connectivity index is 0.000000264. The van der Waals surface area contributed by atoms with Crippen LogP contribution < -0.4 is 20.6 Å². The quantitative estimate of drug-likeness (QED) is 0.139. The van der Waals surface area contributed by atoms with Crippen molar-refractivity contribution in [2.24, 2.45) is 17.6 Å². The van der Waals surface area contributed by atoms with Gasteiger partial charge in [0.2, 0.25) is 18.0 Å². The van der Waals surface area contributed by atoms with E-state index in [1.165, 1.54) is 50.3 Å². The molecule has 0 radical (unpaired) electrons. The number of carbonyl (C=O) groups excluding carboxylic acids is 3. The molecule has 2 aromatic carbocycles. The third-order valence-corrected chi connectivity index (χ3v) is 10.2. The number of Topliss-reactive ketones (excluding diaryl/α,β-unsaturated/α-hetero) is 2. The van der Waals surface area contributed by atoms with Crippen molar-refractivity contribution < 1.29 is 75.3 Å². The molecule has 290 valence electrons. The van der Waals surface area contributed by atoms with E-state index in [0.29, 0.717) is 28.9 Å². The number of hydrogen-bond acceptors (Lipinski definition) is 14. The number of phenols is 1. The summed E-state index contributed by atoms with van der Waals surface area (Å²) in [5.74, 6) is -9.87. The van der Waals surface area contributed by atoms with Crippen LogP contribution in [-0.4, -0.2) is 118 Å². The molecular weight excluding hydrogens is 718 g/mol. The lowest BCUT2D eigenvalue weighted by molar-refractivity contribution is -0.181. The van der Waals surface area contributed by atoms with Gasteiger partial charge in [0, 0.05) is 18.8 Å². The zero-order chi connectivity index (χ0) is 38.4. The highest BCUT2D eigenvalue weighted by atomic mass is 16.7. The minimum atomic E-state index is -3.02. The molecule has 2 heterocycles. The summed E-state index contributed by atoms with van der Waals surface area (Å²) in [6.45, 7) is 3.79. The van der Waals surface area contributed by atoms with Gasteiger partial charge in [0.1, 0.15) is 28.4 Å². The maximum atomic E-state index is 13.7. The van der Waals surface area contributed by atoms with Crippen molar-refractivity contribution in [3.8, 4) is 17.2 Å². The fourth-order valence-electron chi connectivity index (χ4n) is 7.79. The zero-order valence-corrected chi connectivity index (χ0v) is 29.1. The highest BCUT2D eigenvalue weighted by Crippen LogP contribution is 2.57. The molecule has 54 heavy (non-hydrogen) atoms. The number of hydrogen-bond donors (Lipinski definition) is 8. The van der Waals surface area contributed by atoms with Crippen molar-refractivity contribution in [2.75, 3.05) is 20.9 Å². The van der Waals surface area contributed by atoms with Crippen molar-refractivity contribution in [2.45, 2.75) is 43.7 Å². The predicted octanol–water partition coefficient (Wildman–Crippen LogP) is -1.60. The number of aromatic hydroxyl groups is 1. The Labute approximate surface area is 304 Å². The lowest BCUT2D eigenvalue weighted by Gasteiger charge is -2.55. The molecule has 1 aromatic heterocycles. The Morgan fingerprint density at radius 2 is 1.65 bits per heavy atom. The predicted molar refractivity (Wildman–Crippen MR) is 186 cm³/mol. The van der Waals surface area contributed by atoms with Crippen molar-refractivity contribution in [1.82, 2.24) is 9.47 Å². The van der Waals surface area contributed by atoms with E-state index >= 15 is 0 Å². The highest BCUT2D eigenvalue weighted by molar-refractivity contribution is 6.24. The van der Waals surface area contributed by atoms with Crippen LogP contribution in [0.3, 0.4) is 0 Å². The molecule has 1 amide bonds. The van der Waals surface area contributed by atoms with Gasteiger partial charge < -0.3 is 66.5 Å². The van der Waals surface area contributed by atoms with Gasteiger partial charge in [0.25, 0.3) is 5.91 Å². The van der Waals surface area contributed by atoms with Crippen LogP contribution in [-0.2, 0) is 26.5 Å². The second-order valence-electron chi connectivity index (χ2n) is 13.2. The molecule has 1 saturated carbocycles. The Bertz CT molecular complexity index is 2240. The van der Waals surface area contributed by atoms with Gasteiger partial charge in [0.05, 0.1) is 51.6 Å². The fourth-order valence-corrected chi connectivity index (χ4v) is 7.79. The SMILES string of the molecule is CCn1cc(C(=O)O)c(=O)c2cc3c(cc21)OCO3.CN(C)[C@@H]1C(=O)C(C(N)=O)=C(O)[C@@]2(O)C(=O)C3=C(O)c4c(O)cccc4[C@@](C)(O)[C@H]3[C@H](O)[C@@H]12.O.O. The van der Waals surface area contributed by atoms with Crippen molar-refractivity contribution in [1.29, 1.82) is 0 Å². The maximum absolute atomic E-state index is 13.7. The number of likely N-dealkylation sites (N-methyl/N-ethyl adjacent to an activating group) is 1. The van der Waals surface area contributed by atoms with Crippen LogP contribution in [0.1, 0.15) is 35.3 Å². The van der Waals surface area contributed by atoms with E-state index in [9.17, 15) is 54.6 Å². The first-order chi connectivity index (χ1) is 24.3. The lowest BCUT2D eigenvalue weighted by Crippen LogP contribution is -2.71. The number of rotatable bonds is 4. The number of carboxylic acids is 1. The fraction of sp³-hybridized carbons (Fsp3) is 0.343. The molecule has 1 aliphatic heterocycles. The van der Waals surface area contributed by atoms with E-state index in [2.05, 4.69) is 0 Å². The van der Waals surface area contributed by atoms with Gasteiger partial charge in [-0.3, -0.25) is 24.1 Å². The summed E-state index contributed by atoms with van der Waals surface area (Å²) in [7, 11) is 2.80. The number of aryl methyl sites for hydroxylation is 1. The number of carboxylic acid groups (broad SMARTS) is 1. The molecule has 1 fully saturated rings. The molecule has 4 aliphatic rings. The van der Waals surface area contributed by atoms with Crippen LogP contribution in [0.15, 0.2) is 58.2 Å². The van der Waals surface area contributed by atoms with Gasteiger partial charge in [-0.1, -0.05) is 12.1 Å². The van der Waals surface area contributed by atoms with Gasteiger partial charge in [-0.2, -0.15) is 0 Å². The van der Waals surface area contributed by atoms with Crippen LogP contribution in [0.25, 0.3) is 16.7 Å². The van der Waals surface area contributed by atoms with E-state index in [4.69, 9.17) is 20.3 Å². The van der Waals surface area contributed by atoms with Crippen LogP contribution in [0.2, 0.25) is 0 Å². The molecule has 19 nitrogen and oxygen atoms in total. The number of ether oxygens (including phenoxy) is 2. The summed E-state index contributed by atoms with van der Waals surface area (Å²) in [4.78, 5) is 63.2. The van der Waals surface area contributed by atoms with Gasteiger partial charge in [0.15, 0.2) is 22.9 Å². The summed E-state index contributed by atoms with van der Waals surface area (Å²) in [6.07, 6.45) is -0.516. The normalized spacial score (nSPS) is 26.5. The van der Waals surface area contributed by atoms with Gasteiger partial charge in [-0.15, -0.1) is 0 Å². The molecule has 0 saturated heterocycles.